The summed E-state index contributed by atoms with van der Waals surface area (Å²) in [5.74, 6) is 0.822. The van der Waals surface area contributed by atoms with Crippen LogP contribution < -0.4 is 10.1 Å². The highest BCUT2D eigenvalue weighted by molar-refractivity contribution is 5.95. The summed E-state index contributed by atoms with van der Waals surface area (Å²) in [4.78, 5) is 31.6. The summed E-state index contributed by atoms with van der Waals surface area (Å²) < 4.78 is 6.04. The van der Waals surface area contributed by atoms with E-state index in [4.69, 9.17) is 4.74 Å². The van der Waals surface area contributed by atoms with Crippen LogP contribution in [0.3, 0.4) is 0 Å². The molecule has 4 rings (SSSR count). The highest BCUT2D eigenvalue weighted by atomic mass is 16.5. The van der Waals surface area contributed by atoms with Crippen molar-refractivity contribution in [1.29, 1.82) is 0 Å². The minimum atomic E-state index is -0.274. The molecule has 4 amide bonds. The van der Waals surface area contributed by atoms with E-state index >= 15 is 0 Å². The van der Waals surface area contributed by atoms with Gasteiger partial charge in [-0.25, -0.2) is 14.5 Å². The number of ether oxygens (including phenoxy) is 1. The number of urea groups is 2. The van der Waals surface area contributed by atoms with Crippen LogP contribution >= 0.6 is 0 Å². The lowest BCUT2D eigenvalue weighted by Gasteiger charge is -2.40. The van der Waals surface area contributed by atoms with Crippen molar-refractivity contribution >= 4 is 12.1 Å². The predicted molar refractivity (Wildman–Crippen MR) is 82.0 cm³/mol. The molecule has 3 aliphatic rings. The van der Waals surface area contributed by atoms with Crippen LogP contribution in [-0.4, -0.2) is 58.1 Å². The molecule has 1 aromatic rings. The van der Waals surface area contributed by atoms with Crippen LogP contribution in [0.5, 0.6) is 5.75 Å². The number of hydrogen-bond donors (Lipinski definition) is 1. The molecule has 7 heteroatoms. The Kier molecular flexibility index (Phi) is 3.55. The molecule has 23 heavy (non-hydrogen) atoms. The topological polar surface area (TPSA) is 74.8 Å². The molecule has 2 unspecified atom stereocenters. The third-order valence-corrected chi connectivity index (χ3v) is 4.95. The van der Waals surface area contributed by atoms with Crippen LogP contribution in [-0.2, 0) is 0 Å². The maximum absolute atomic E-state index is 12.7. The fourth-order valence-electron chi connectivity index (χ4n) is 3.94. The highest BCUT2D eigenvalue weighted by Crippen LogP contribution is 2.38. The summed E-state index contributed by atoms with van der Waals surface area (Å²) in [6.07, 6.45) is 7.17. The van der Waals surface area contributed by atoms with Gasteiger partial charge in [-0.2, -0.15) is 0 Å². The molecule has 3 fully saturated rings. The van der Waals surface area contributed by atoms with Gasteiger partial charge in [-0.3, -0.25) is 4.98 Å². The van der Waals surface area contributed by atoms with E-state index in [0.717, 1.165) is 31.4 Å². The number of hydrogen-bond acceptors (Lipinski definition) is 4. The van der Waals surface area contributed by atoms with Crippen LogP contribution in [0.25, 0.3) is 0 Å². The summed E-state index contributed by atoms with van der Waals surface area (Å²) in [6, 6.07) is 3.63. The van der Waals surface area contributed by atoms with E-state index in [1.54, 1.807) is 12.4 Å². The Balaban J connectivity index is 1.44. The number of fused-ring (bicyclic) bond motifs is 2. The molecular weight excluding hydrogens is 296 g/mol. The average Bonchev–Trinajstić information content (AvgIpc) is 3.09. The Hall–Kier alpha value is -2.31. The number of amides is 4. The molecule has 0 aromatic carbocycles. The molecule has 7 nitrogen and oxygen atoms in total. The monoisotopic (exact) mass is 316 g/mol. The van der Waals surface area contributed by atoms with E-state index < -0.39 is 0 Å². The second kappa shape index (κ2) is 5.72. The van der Waals surface area contributed by atoms with Gasteiger partial charge in [0.05, 0.1) is 0 Å². The smallest absolute Gasteiger partial charge is 0.328 e. The maximum atomic E-state index is 12.7. The predicted octanol–water partition coefficient (Wildman–Crippen LogP) is 1.60. The lowest BCUT2D eigenvalue weighted by Crippen LogP contribution is -2.54. The fourth-order valence-corrected chi connectivity index (χ4v) is 3.94. The molecule has 2 bridgehead atoms. The van der Waals surface area contributed by atoms with Gasteiger partial charge < -0.3 is 15.0 Å². The second-order valence-corrected chi connectivity index (χ2v) is 6.35. The number of nitrogens with zero attached hydrogens (tertiary/aromatic N) is 3. The van der Waals surface area contributed by atoms with Crippen LogP contribution in [0.2, 0.25) is 0 Å². The molecule has 3 aliphatic heterocycles. The zero-order chi connectivity index (χ0) is 15.8. The minimum Gasteiger partial charge on any atom is -0.490 e. The number of aromatic nitrogens is 1. The van der Waals surface area contributed by atoms with E-state index in [1.165, 1.54) is 4.90 Å². The fraction of sp³-hybridized carbons (Fsp3) is 0.562. The lowest BCUT2D eigenvalue weighted by molar-refractivity contribution is 0.0604. The Bertz CT molecular complexity index is 595. The molecular formula is C16H20N4O3. The number of rotatable bonds is 2. The first-order valence-electron chi connectivity index (χ1n) is 8.16. The molecule has 0 radical (unpaired) electrons. The van der Waals surface area contributed by atoms with Gasteiger partial charge in [0.25, 0.3) is 0 Å². The van der Waals surface area contributed by atoms with Gasteiger partial charge in [-0.05, 0) is 25.0 Å². The third kappa shape index (κ3) is 2.60. The van der Waals surface area contributed by atoms with Gasteiger partial charge in [-0.1, -0.05) is 0 Å². The van der Waals surface area contributed by atoms with E-state index in [9.17, 15) is 9.59 Å². The summed E-state index contributed by atoms with van der Waals surface area (Å²) in [7, 11) is 0. The minimum absolute atomic E-state index is 0.117. The van der Waals surface area contributed by atoms with Gasteiger partial charge in [0.1, 0.15) is 11.9 Å². The van der Waals surface area contributed by atoms with Gasteiger partial charge in [0, 0.05) is 50.4 Å². The van der Waals surface area contributed by atoms with E-state index in [-0.39, 0.29) is 30.2 Å². The average molecular weight is 316 g/mol. The van der Waals surface area contributed by atoms with Crippen molar-refractivity contribution < 1.29 is 14.3 Å². The molecule has 3 saturated heterocycles. The van der Waals surface area contributed by atoms with Crippen molar-refractivity contribution in [3.63, 3.8) is 0 Å². The molecule has 1 N–H and O–H groups in total. The lowest BCUT2D eigenvalue weighted by atomic mass is 10.00. The van der Waals surface area contributed by atoms with Crippen molar-refractivity contribution in [1.82, 2.24) is 20.1 Å². The van der Waals surface area contributed by atoms with Crippen LogP contribution in [0.1, 0.15) is 25.7 Å². The van der Waals surface area contributed by atoms with Crippen molar-refractivity contribution in [3.05, 3.63) is 24.5 Å². The highest BCUT2D eigenvalue weighted by Gasteiger charge is 2.46. The van der Waals surface area contributed by atoms with Gasteiger partial charge in [0.2, 0.25) is 0 Å². The van der Waals surface area contributed by atoms with Gasteiger partial charge >= 0.3 is 12.1 Å². The van der Waals surface area contributed by atoms with Crippen molar-refractivity contribution in [3.8, 4) is 5.75 Å². The van der Waals surface area contributed by atoms with Crippen LogP contribution in [0, 0.1) is 0 Å². The van der Waals surface area contributed by atoms with Crippen molar-refractivity contribution in [2.24, 2.45) is 0 Å². The van der Waals surface area contributed by atoms with Crippen LogP contribution in [0.15, 0.2) is 24.5 Å². The summed E-state index contributed by atoms with van der Waals surface area (Å²) in [6.45, 7) is 1.01. The van der Waals surface area contributed by atoms with Gasteiger partial charge in [0.15, 0.2) is 0 Å². The summed E-state index contributed by atoms with van der Waals surface area (Å²) in [5, 5.41) is 2.69. The Morgan fingerprint density at radius 2 is 1.91 bits per heavy atom. The van der Waals surface area contributed by atoms with E-state index in [0.29, 0.717) is 13.1 Å². The molecule has 0 aliphatic carbocycles. The standard InChI is InChI=1S/C16H20N4O3/c21-15-18-7-8-19(15)16(22)20-11-1-2-12(20)10-14(9-11)23-13-3-5-17-6-4-13/h3-6,11-12,14H,1-2,7-10H2,(H,18,21). The Morgan fingerprint density at radius 1 is 1.22 bits per heavy atom. The molecule has 2 atom stereocenters. The van der Waals surface area contributed by atoms with E-state index in [1.807, 2.05) is 17.0 Å². The SMILES string of the molecule is O=C1NCCN1C(=O)N1C2CCC1CC(Oc1ccncc1)C2. The number of carbonyl (C=O) groups is 2. The molecule has 122 valence electrons. The normalized spacial score (nSPS) is 29.6. The first kappa shape index (κ1) is 14.3. The molecule has 1 aromatic heterocycles. The number of nitrogens with one attached hydrogen (secondary N) is 1. The largest absolute Gasteiger partial charge is 0.490 e. The van der Waals surface area contributed by atoms with Crippen molar-refractivity contribution in [2.75, 3.05) is 13.1 Å². The quantitative estimate of drug-likeness (QED) is 0.899. The first-order valence-corrected chi connectivity index (χ1v) is 8.16. The van der Waals surface area contributed by atoms with Crippen LogP contribution in [0.4, 0.5) is 9.59 Å². The zero-order valence-electron chi connectivity index (χ0n) is 12.9. The first-order chi connectivity index (χ1) is 11.2. The number of imide groups is 1. The summed E-state index contributed by atoms with van der Waals surface area (Å²) >= 11 is 0. The number of pyridine rings is 1. The summed E-state index contributed by atoms with van der Waals surface area (Å²) in [5.41, 5.74) is 0. The van der Waals surface area contributed by atoms with Crippen molar-refractivity contribution in [2.45, 2.75) is 43.9 Å². The van der Waals surface area contributed by atoms with E-state index in [2.05, 4.69) is 10.3 Å². The third-order valence-electron chi connectivity index (χ3n) is 4.95. The second-order valence-electron chi connectivity index (χ2n) is 6.35. The number of carbonyl (C=O) groups excluding carboxylic acids is 2. The molecule has 0 spiro atoms. The van der Waals surface area contributed by atoms with Gasteiger partial charge in [-0.15, -0.1) is 0 Å². The molecule has 0 saturated carbocycles. The number of piperidine rings is 1. The Morgan fingerprint density at radius 3 is 2.52 bits per heavy atom. The zero-order valence-corrected chi connectivity index (χ0v) is 12.9. The maximum Gasteiger partial charge on any atom is 0.328 e. The Labute approximate surface area is 134 Å². The molecule has 4 heterocycles.